The maximum atomic E-state index is 12.8. The van der Waals surface area contributed by atoms with E-state index in [2.05, 4.69) is 25.5 Å². The largest absolute Gasteiger partial charge is 0.508 e. The van der Waals surface area contributed by atoms with Crippen LogP contribution in [0.25, 0.3) is 0 Å². The van der Waals surface area contributed by atoms with Crippen LogP contribution in [-0.4, -0.2) is 38.2 Å². The molecule has 3 aromatic rings. The minimum absolute atomic E-state index is 0.0270. The van der Waals surface area contributed by atoms with Crippen LogP contribution in [0.2, 0.25) is 0 Å². The van der Waals surface area contributed by atoms with Crippen LogP contribution in [0.15, 0.2) is 60.0 Å². The molecule has 0 saturated carbocycles. The highest BCUT2D eigenvalue weighted by molar-refractivity contribution is 6.01. The molecule has 0 saturated heterocycles. The van der Waals surface area contributed by atoms with E-state index in [0.717, 1.165) is 6.34 Å². The van der Waals surface area contributed by atoms with Crippen molar-refractivity contribution in [3.8, 4) is 5.75 Å². The molecule has 1 atom stereocenters. The lowest BCUT2D eigenvalue weighted by molar-refractivity contribution is 0.0938. The lowest BCUT2D eigenvalue weighted by atomic mass is 9.97. The van der Waals surface area contributed by atoms with Gasteiger partial charge in [-0.2, -0.15) is 5.10 Å². The van der Waals surface area contributed by atoms with Gasteiger partial charge in [0, 0.05) is 35.7 Å². The van der Waals surface area contributed by atoms with Crippen LogP contribution in [0.3, 0.4) is 0 Å². The van der Waals surface area contributed by atoms with E-state index in [1.807, 2.05) is 0 Å². The number of benzene rings is 1. The van der Waals surface area contributed by atoms with E-state index in [1.165, 1.54) is 12.3 Å². The highest BCUT2D eigenvalue weighted by Gasteiger charge is 2.23. The first-order valence-corrected chi connectivity index (χ1v) is 8.44. The lowest BCUT2D eigenvalue weighted by Crippen LogP contribution is -2.30. The van der Waals surface area contributed by atoms with Crippen molar-refractivity contribution < 1.29 is 9.90 Å². The third kappa shape index (κ3) is 4.21. The van der Waals surface area contributed by atoms with Crippen LogP contribution >= 0.6 is 0 Å². The first-order chi connectivity index (χ1) is 13.6. The Morgan fingerprint density at radius 1 is 1.32 bits per heavy atom. The summed E-state index contributed by atoms with van der Waals surface area (Å²) in [6.07, 6.45) is 5.75. The number of nitrogens with zero attached hydrogens (tertiary/aromatic N) is 3. The van der Waals surface area contributed by atoms with Gasteiger partial charge in [0.1, 0.15) is 11.3 Å². The van der Waals surface area contributed by atoms with Crippen molar-refractivity contribution in [2.45, 2.75) is 12.5 Å². The number of phenols is 1. The third-order valence-corrected chi connectivity index (χ3v) is 4.10. The number of aromatic nitrogens is 3. The summed E-state index contributed by atoms with van der Waals surface area (Å²) < 4.78 is 0. The maximum Gasteiger partial charge on any atom is 0.257 e. The predicted octanol–water partition coefficient (Wildman–Crippen LogP) is 2.06. The zero-order valence-corrected chi connectivity index (χ0v) is 14.8. The van der Waals surface area contributed by atoms with Gasteiger partial charge in [-0.25, -0.2) is 4.99 Å². The zero-order valence-electron chi connectivity index (χ0n) is 14.8. The van der Waals surface area contributed by atoms with Crippen molar-refractivity contribution >= 4 is 23.8 Å². The molecule has 1 unspecified atom stereocenters. The molecule has 0 fully saturated rings. The van der Waals surface area contributed by atoms with Crippen LogP contribution in [0.5, 0.6) is 5.75 Å². The quantitative estimate of drug-likeness (QED) is 0.315. The average Bonchev–Trinajstić information content (AvgIpc) is 3.17. The summed E-state index contributed by atoms with van der Waals surface area (Å²) in [7, 11) is 0. The molecule has 0 aliphatic rings. The fourth-order valence-electron chi connectivity index (χ4n) is 2.74. The van der Waals surface area contributed by atoms with E-state index in [9.17, 15) is 9.90 Å². The highest BCUT2D eigenvalue weighted by Crippen LogP contribution is 2.28. The van der Waals surface area contributed by atoms with Crippen LogP contribution < -0.4 is 11.1 Å². The van der Waals surface area contributed by atoms with Crippen LogP contribution in [0, 0.1) is 5.41 Å². The van der Waals surface area contributed by atoms with Gasteiger partial charge in [0.25, 0.3) is 5.91 Å². The van der Waals surface area contributed by atoms with Gasteiger partial charge in [0.05, 0.1) is 18.6 Å². The Bertz CT molecular complexity index is 998. The summed E-state index contributed by atoms with van der Waals surface area (Å²) in [5.41, 5.74) is 6.90. The third-order valence-electron chi connectivity index (χ3n) is 4.10. The molecule has 1 amide bonds. The molecule has 0 aliphatic carbocycles. The monoisotopic (exact) mass is 377 g/mol. The second-order valence-electron chi connectivity index (χ2n) is 5.92. The number of carbonyl (C=O) groups is 1. The number of hydrogen-bond acceptors (Lipinski definition) is 6. The number of carbonyl (C=O) groups excluding carboxylic acids is 1. The van der Waals surface area contributed by atoms with Gasteiger partial charge in [0.15, 0.2) is 5.82 Å². The molecule has 0 bridgehead atoms. The summed E-state index contributed by atoms with van der Waals surface area (Å²) in [6.45, 7) is 0. The summed E-state index contributed by atoms with van der Waals surface area (Å²) in [5, 5.41) is 27.9. The topological polar surface area (TPSA) is 153 Å². The minimum atomic E-state index is -0.647. The van der Waals surface area contributed by atoms with Gasteiger partial charge < -0.3 is 21.6 Å². The SMILES string of the molecule is N=C(CC(NC(=O)c1cn[nH]c1/N=C/N)c1ccccc1O)c1cccnc1. The molecule has 0 aliphatic heterocycles. The number of aromatic amines is 1. The molecular weight excluding hydrogens is 358 g/mol. The van der Waals surface area contributed by atoms with E-state index in [1.54, 1.807) is 42.7 Å². The number of pyridine rings is 1. The van der Waals surface area contributed by atoms with E-state index in [-0.39, 0.29) is 29.3 Å². The average molecular weight is 377 g/mol. The highest BCUT2D eigenvalue weighted by atomic mass is 16.3. The van der Waals surface area contributed by atoms with Crippen molar-refractivity contribution in [1.29, 1.82) is 5.41 Å². The summed E-state index contributed by atoms with van der Waals surface area (Å²) in [6, 6.07) is 9.53. The number of H-pyrrole nitrogens is 1. The molecule has 9 nitrogen and oxygen atoms in total. The number of rotatable bonds is 7. The van der Waals surface area contributed by atoms with E-state index < -0.39 is 11.9 Å². The number of amides is 1. The smallest absolute Gasteiger partial charge is 0.257 e. The van der Waals surface area contributed by atoms with Crippen LogP contribution in [0.1, 0.15) is 33.9 Å². The number of hydrogen-bond donors (Lipinski definition) is 5. The Morgan fingerprint density at radius 2 is 2.14 bits per heavy atom. The molecule has 6 N–H and O–H groups in total. The van der Waals surface area contributed by atoms with E-state index in [0.29, 0.717) is 11.1 Å². The van der Waals surface area contributed by atoms with Crippen molar-refractivity contribution in [3.63, 3.8) is 0 Å². The van der Waals surface area contributed by atoms with Crippen LogP contribution in [-0.2, 0) is 0 Å². The molecule has 2 aromatic heterocycles. The van der Waals surface area contributed by atoms with Gasteiger partial charge in [-0.15, -0.1) is 0 Å². The minimum Gasteiger partial charge on any atom is -0.508 e. The van der Waals surface area contributed by atoms with Gasteiger partial charge in [-0.1, -0.05) is 24.3 Å². The van der Waals surface area contributed by atoms with Crippen LogP contribution in [0.4, 0.5) is 5.82 Å². The molecular formula is C19H19N7O2. The normalized spacial score (nSPS) is 12.0. The van der Waals surface area contributed by atoms with Crippen molar-refractivity contribution in [2.75, 3.05) is 0 Å². The van der Waals surface area contributed by atoms with Gasteiger partial charge in [0.2, 0.25) is 0 Å². The molecule has 1 aromatic carbocycles. The zero-order chi connectivity index (χ0) is 19.9. The second kappa shape index (κ2) is 8.58. The molecule has 28 heavy (non-hydrogen) atoms. The Hall–Kier alpha value is -4.01. The number of aromatic hydroxyl groups is 1. The van der Waals surface area contributed by atoms with Gasteiger partial charge >= 0.3 is 0 Å². The van der Waals surface area contributed by atoms with Crippen molar-refractivity contribution in [3.05, 3.63) is 71.7 Å². The molecule has 2 heterocycles. The first-order valence-electron chi connectivity index (χ1n) is 8.44. The number of nitrogens with two attached hydrogens (primary N) is 1. The molecule has 142 valence electrons. The predicted molar refractivity (Wildman–Crippen MR) is 105 cm³/mol. The lowest BCUT2D eigenvalue weighted by Gasteiger charge is -2.20. The second-order valence-corrected chi connectivity index (χ2v) is 5.92. The molecule has 0 spiro atoms. The van der Waals surface area contributed by atoms with Crippen molar-refractivity contribution in [1.82, 2.24) is 20.5 Å². The summed E-state index contributed by atoms with van der Waals surface area (Å²) >= 11 is 0. The Kier molecular flexibility index (Phi) is 5.75. The fourth-order valence-corrected chi connectivity index (χ4v) is 2.74. The number of aliphatic imine (C=N–C) groups is 1. The summed E-state index contributed by atoms with van der Waals surface area (Å²) in [5.74, 6) is -0.209. The fraction of sp³-hybridized carbons (Fsp3) is 0.105. The van der Waals surface area contributed by atoms with E-state index >= 15 is 0 Å². The number of nitrogens with one attached hydrogen (secondary N) is 3. The molecule has 3 rings (SSSR count). The Balaban J connectivity index is 1.88. The molecule has 9 heteroatoms. The van der Waals surface area contributed by atoms with Gasteiger partial charge in [-0.05, 0) is 12.1 Å². The molecule has 0 radical (unpaired) electrons. The van der Waals surface area contributed by atoms with E-state index in [4.69, 9.17) is 11.1 Å². The van der Waals surface area contributed by atoms with Crippen molar-refractivity contribution in [2.24, 2.45) is 10.7 Å². The number of para-hydroxylation sites is 1. The Labute approximate surface area is 160 Å². The maximum absolute atomic E-state index is 12.8. The Morgan fingerprint density at radius 3 is 2.86 bits per heavy atom. The van der Waals surface area contributed by atoms with Gasteiger partial charge in [-0.3, -0.25) is 14.9 Å². The summed E-state index contributed by atoms with van der Waals surface area (Å²) in [4.78, 5) is 20.7. The number of phenolic OH excluding ortho intramolecular Hbond substituents is 1. The standard InChI is InChI=1S/C19H19N7O2/c20-11-23-18-14(10-24-26-18)19(28)25-16(13-5-1-2-6-17(13)27)8-15(21)12-4-3-7-22-9-12/h1-7,9-11,16,21,27H,8H2,(H,25,28)(H3,20,23,24,26). The first kappa shape index (κ1) is 18.8.